The number of carbonyl (C=O) groups excluding carboxylic acids is 1. The lowest BCUT2D eigenvalue weighted by atomic mass is 10.0. The zero-order chi connectivity index (χ0) is 23.9. The molecule has 1 saturated heterocycles. The van der Waals surface area contributed by atoms with Crippen LogP contribution in [0.4, 0.5) is 0 Å². The van der Waals surface area contributed by atoms with E-state index in [1.165, 1.54) is 4.31 Å². The molecule has 0 radical (unpaired) electrons. The predicted octanol–water partition coefficient (Wildman–Crippen LogP) is 4.03. The highest BCUT2D eigenvalue weighted by molar-refractivity contribution is 7.89. The number of nitrogens with zero attached hydrogens (tertiary/aromatic N) is 3. The molecule has 0 atom stereocenters. The molecule has 0 saturated carbocycles. The van der Waals surface area contributed by atoms with Crippen molar-refractivity contribution in [1.82, 2.24) is 14.4 Å². The second-order valence-corrected chi connectivity index (χ2v) is 10.5. The number of sulfonamides is 1. The van der Waals surface area contributed by atoms with Gasteiger partial charge in [-0.15, -0.1) is 0 Å². The van der Waals surface area contributed by atoms with Gasteiger partial charge in [0.05, 0.1) is 4.90 Å². The third kappa shape index (κ3) is 4.09. The first-order chi connectivity index (χ1) is 15.6. The molecule has 0 spiro atoms. The Morgan fingerprint density at radius 2 is 1.48 bits per heavy atom. The lowest BCUT2D eigenvalue weighted by molar-refractivity contribution is 0.0696. The number of amides is 1. The van der Waals surface area contributed by atoms with Crippen molar-refractivity contribution in [3.05, 3.63) is 70.0 Å². The Balaban J connectivity index is 1.56. The zero-order valence-electron chi connectivity index (χ0n) is 19.7. The Labute approximate surface area is 195 Å². The number of aromatic nitrogens is 1. The van der Waals surface area contributed by atoms with Crippen LogP contribution in [0, 0.1) is 34.6 Å². The minimum Gasteiger partial charge on any atom is -0.360 e. The summed E-state index contributed by atoms with van der Waals surface area (Å²) in [4.78, 5) is 15.4. The molecule has 1 fully saturated rings. The maximum absolute atomic E-state index is 13.5. The Morgan fingerprint density at radius 3 is 2.06 bits per heavy atom. The molecule has 1 aromatic heterocycles. The van der Waals surface area contributed by atoms with E-state index in [0.717, 1.165) is 27.8 Å². The Morgan fingerprint density at radius 1 is 0.909 bits per heavy atom. The summed E-state index contributed by atoms with van der Waals surface area (Å²) in [5.41, 5.74) is 5.23. The Hall–Kier alpha value is -2.97. The van der Waals surface area contributed by atoms with Crippen molar-refractivity contribution >= 4 is 15.9 Å². The normalized spacial score (nSPS) is 15.1. The Kier molecular flexibility index (Phi) is 6.16. The zero-order valence-corrected chi connectivity index (χ0v) is 20.5. The lowest BCUT2D eigenvalue weighted by Crippen LogP contribution is -2.50. The summed E-state index contributed by atoms with van der Waals surface area (Å²) in [6.07, 6.45) is 0. The summed E-state index contributed by atoms with van der Waals surface area (Å²) in [6.45, 7) is 10.4. The molecule has 2 aromatic carbocycles. The second-order valence-electron chi connectivity index (χ2n) is 8.61. The van der Waals surface area contributed by atoms with Gasteiger partial charge < -0.3 is 9.42 Å². The average molecular weight is 468 g/mol. The molecule has 1 aliphatic rings. The van der Waals surface area contributed by atoms with E-state index < -0.39 is 10.0 Å². The van der Waals surface area contributed by atoms with Gasteiger partial charge in [-0.25, -0.2) is 8.42 Å². The van der Waals surface area contributed by atoms with Crippen molar-refractivity contribution in [3.63, 3.8) is 0 Å². The molecule has 2 heterocycles. The molecular formula is C25H29N3O4S. The standard InChI is InChI=1S/C25H29N3O4S/c1-16-15-17(2)19(4)24(18(16)3)33(30,31)28-13-11-27(12-14-28)25(29)22-20(5)32-26-23(22)21-9-7-6-8-10-21/h6-10,15H,11-14H2,1-5H3. The maximum atomic E-state index is 13.5. The number of benzene rings is 2. The molecule has 33 heavy (non-hydrogen) atoms. The summed E-state index contributed by atoms with van der Waals surface area (Å²) in [5.74, 6) is 0.263. The third-order valence-electron chi connectivity index (χ3n) is 6.54. The number of piperazine rings is 1. The van der Waals surface area contributed by atoms with E-state index >= 15 is 0 Å². The first-order valence-electron chi connectivity index (χ1n) is 11.0. The van der Waals surface area contributed by atoms with Gasteiger partial charge in [0.15, 0.2) is 0 Å². The van der Waals surface area contributed by atoms with E-state index in [1.54, 1.807) is 11.8 Å². The molecule has 1 aliphatic heterocycles. The van der Waals surface area contributed by atoms with Crippen LogP contribution in [0.1, 0.15) is 38.4 Å². The van der Waals surface area contributed by atoms with Crippen LogP contribution < -0.4 is 0 Å². The van der Waals surface area contributed by atoms with Gasteiger partial charge in [-0.1, -0.05) is 41.6 Å². The van der Waals surface area contributed by atoms with Crippen molar-refractivity contribution in [3.8, 4) is 11.3 Å². The highest BCUT2D eigenvalue weighted by Gasteiger charge is 2.34. The summed E-state index contributed by atoms with van der Waals surface area (Å²) in [6, 6.07) is 11.4. The highest BCUT2D eigenvalue weighted by Crippen LogP contribution is 2.30. The molecule has 3 aromatic rings. The molecule has 0 bridgehead atoms. The maximum Gasteiger partial charge on any atom is 0.259 e. The van der Waals surface area contributed by atoms with Gasteiger partial charge in [-0.05, 0) is 56.9 Å². The fraction of sp³-hybridized carbons (Fsp3) is 0.360. The van der Waals surface area contributed by atoms with E-state index in [1.807, 2.05) is 64.1 Å². The van der Waals surface area contributed by atoms with Crippen LogP contribution in [-0.4, -0.2) is 54.9 Å². The van der Waals surface area contributed by atoms with Gasteiger partial charge in [0.1, 0.15) is 17.0 Å². The summed E-state index contributed by atoms with van der Waals surface area (Å²) < 4.78 is 33.9. The summed E-state index contributed by atoms with van der Waals surface area (Å²) >= 11 is 0. The van der Waals surface area contributed by atoms with Crippen LogP contribution in [0.3, 0.4) is 0 Å². The van der Waals surface area contributed by atoms with Crippen LogP contribution in [0.2, 0.25) is 0 Å². The van der Waals surface area contributed by atoms with Crippen LogP contribution in [0.25, 0.3) is 11.3 Å². The van der Waals surface area contributed by atoms with Gasteiger partial charge in [0.25, 0.3) is 5.91 Å². The van der Waals surface area contributed by atoms with E-state index in [2.05, 4.69) is 5.16 Å². The molecular weight excluding hydrogens is 438 g/mol. The van der Waals surface area contributed by atoms with Crippen LogP contribution in [0.15, 0.2) is 45.8 Å². The number of hydrogen-bond acceptors (Lipinski definition) is 5. The number of hydrogen-bond donors (Lipinski definition) is 0. The van der Waals surface area contributed by atoms with E-state index in [9.17, 15) is 13.2 Å². The van der Waals surface area contributed by atoms with Gasteiger partial charge in [-0.3, -0.25) is 4.79 Å². The van der Waals surface area contributed by atoms with Crippen molar-refractivity contribution in [2.75, 3.05) is 26.2 Å². The van der Waals surface area contributed by atoms with Gasteiger partial charge in [-0.2, -0.15) is 4.31 Å². The minimum atomic E-state index is -3.67. The minimum absolute atomic E-state index is 0.191. The summed E-state index contributed by atoms with van der Waals surface area (Å²) in [7, 11) is -3.67. The number of aryl methyl sites for hydroxylation is 3. The van der Waals surface area contributed by atoms with Crippen molar-refractivity contribution in [2.45, 2.75) is 39.5 Å². The smallest absolute Gasteiger partial charge is 0.259 e. The fourth-order valence-corrected chi connectivity index (χ4v) is 6.40. The van der Waals surface area contributed by atoms with Crippen LogP contribution >= 0.6 is 0 Å². The van der Waals surface area contributed by atoms with Crippen molar-refractivity contribution in [2.24, 2.45) is 0 Å². The highest BCUT2D eigenvalue weighted by atomic mass is 32.2. The van der Waals surface area contributed by atoms with Crippen LogP contribution in [0.5, 0.6) is 0 Å². The second kappa shape index (κ2) is 8.76. The predicted molar refractivity (Wildman–Crippen MR) is 127 cm³/mol. The van der Waals surface area contributed by atoms with Crippen LogP contribution in [-0.2, 0) is 10.0 Å². The van der Waals surface area contributed by atoms with Crippen molar-refractivity contribution < 1.29 is 17.7 Å². The monoisotopic (exact) mass is 467 g/mol. The quantitative estimate of drug-likeness (QED) is 0.578. The van der Waals surface area contributed by atoms with Gasteiger partial charge in [0, 0.05) is 31.7 Å². The number of rotatable bonds is 4. The SMILES string of the molecule is Cc1cc(C)c(C)c(S(=O)(=O)N2CCN(C(=O)c3c(-c4ccccc4)noc3C)CC2)c1C. The first kappa shape index (κ1) is 23.2. The topological polar surface area (TPSA) is 83.7 Å². The summed E-state index contributed by atoms with van der Waals surface area (Å²) in [5, 5.41) is 4.10. The molecule has 7 nitrogen and oxygen atoms in total. The van der Waals surface area contributed by atoms with E-state index in [-0.39, 0.29) is 19.0 Å². The molecule has 0 unspecified atom stereocenters. The molecule has 0 aliphatic carbocycles. The first-order valence-corrected chi connectivity index (χ1v) is 12.5. The van der Waals surface area contributed by atoms with E-state index in [4.69, 9.17) is 4.52 Å². The average Bonchev–Trinajstić information content (AvgIpc) is 3.19. The molecule has 174 valence electrons. The molecule has 1 amide bonds. The molecule has 8 heteroatoms. The van der Waals surface area contributed by atoms with Gasteiger partial charge >= 0.3 is 0 Å². The largest absolute Gasteiger partial charge is 0.360 e. The van der Waals surface area contributed by atoms with Gasteiger partial charge in [0.2, 0.25) is 10.0 Å². The van der Waals surface area contributed by atoms with Crippen molar-refractivity contribution in [1.29, 1.82) is 0 Å². The molecule has 0 N–H and O–H groups in total. The lowest BCUT2D eigenvalue weighted by Gasteiger charge is -2.34. The Bertz CT molecular complexity index is 1280. The number of carbonyl (C=O) groups is 1. The van der Waals surface area contributed by atoms with E-state index in [0.29, 0.717) is 35.0 Å². The third-order valence-corrected chi connectivity index (χ3v) is 8.72. The fourth-order valence-electron chi connectivity index (χ4n) is 4.40. The molecule has 4 rings (SSSR count).